The van der Waals surface area contributed by atoms with Gasteiger partial charge in [-0.1, -0.05) is 6.92 Å². The van der Waals surface area contributed by atoms with Crippen LogP contribution in [-0.2, 0) is 17.8 Å². The molecule has 0 saturated carbocycles. The zero-order chi connectivity index (χ0) is 14.4. The average molecular weight is 280 g/mol. The molecule has 1 aliphatic rings. The maximum absolute atomic E-state index is 5.90. The Balaban J connectivity index is 1.90. The highest BCUT2D eigenvalue weighted by molar-refractivity contribution is 5.20. The molecule has 1 N–H and O–H groups in total. The van der Waals surface area contributed by atoms with Crippen molar-refractivity contribution in [1.29, 1.82) is 0 Å². The van der Waals surface area contributed by atoms with Crippen molar-refractivity contribution in [2.45, 2.75) is 52.8 Å². The Morgan fingerprint density at radius 1 is 1.45 bits per heavy atom. The number of hydrogen-bond acceptors (Lipinski definition) is 4. The molecule has 1 aliphatic heterocycles. The van der Waals surface area contributed by atoms with E-state index >= 15 is 0 Å². The molecule has 1 aromatic rings. The van der Waals surface area contributed by atoms with E-state index in [4.69, 9.17) is 9.15 Å². The standard InChI is InChI=1S/C16H28N2O2/c1-4-6-17-10-15-9-16(20-14(15)3)12-18-7-5-8-19-13(2)11-18/h9,13,17H,4-8,10-12H2,1-3H3. The van der Waals surface area contributed by atoms with Crippen LogP contribution in [0.15, 0.2) is 10.5 Å². The van der Waals surface area contributed by atoms with Crippen LogP contribution in [0.1, 0.15) is 43.8 Å². The van der Waals surface area contributed by atoms with Gasteiger partial charge in [-0.3, -0.25) is 4.90 Å². The Morgan fingerprint density at radius 2 is 2.30 bits per heavy atom. The lowest BCUT2D eigenvalue weighted by atomic mass is 10.2. The minimum Gasteiger partial charge on any atom is -0.465 e. The van der Waals surface area contributed by atoms with Crippen molar-refractivity contribution < 1.29 is 9.15 Å². The van der Waals surface area contributed by atoms with Crippen LogP contribution in [0, 0.1) is 6.92 Å². The maximum Gasteiger partial charge on any atom is 0.118 e. The van der Waals surface area contributed by atoms with Gasteiger partial charge in [-0.2, -0.15) is 0 Å². The van der Waals surface area contributed by atoms with Crippen molar-refractivity contribution in [1.82, 2.24) is 10.2 Å². The Hall–Kier alpha value is -0.840. The van der Waals surface area contributed by atoms with E-state index in [-0.39, 0.29) is 0 Å². The van der Waals surface area contributed by atoms with Crippen molar-refractivity contribution in [3.8, 4) is 0 Å². The number of hydrogen-bond donors (Lipinski definition) is 1. The number of nitrogens with one attached hydrogen (secondary N) is 1. The lowest BCUT2D eigenvalue weighted by Gasteiger charge is -2.20. The monoisotopic (exact) mass is 280 g/mol. The summed E-state index contributed by atoms with van der Waals surface area (Å²) < 4.78 is 11.6. The fourth-order valence-electron chi connectivity index (χ4n) is 2.69. The summed E-state index contributed by atoms with van der Waals surface area (Å²) in [6.45, 7) is 12.2. The fourth-order valence-corrected chi connectivity index (χ4v) is 2.69. The molecule has 0 bridgehead atoms. The molecule has 1 fully saturated rings. The molecule has 2 rings (SSSR count). The van der Waals surface area contributed by atoms with Crippen molar-refractivity contribution in [3.63, 3.8) is 0 Å². The first-order valence-electron chi connectivity index (χ1n) is 7.82. The van der Waals surface area contributed by atoms with Gasteiger partial charge >= 0.3 is 0 Å². The van der Waals surface area contributed by atoms with Gasteiger partial charge in [-0.05, 0) is 39.3 Å². The lowest BCUT2D eigenvalue weighted by molar-refractivity contribution is 0.0658. The second kappa shape index (κ2) is 7.81. The molecular weight excluding hydrogens is 252 g/mol. The summed E-state index contributed by atoms with van der Waals surface area (Å²) in [6, 6.07) is 2.20. The number of ether oxygens (including phenoxy) is 1. The molecule has 4 nitrogen and oxygen atoms in total. The summed E-state index contributed by atoms with van der Waals surface area (Å²) in [7, 11) is 0. The van der Waals surface area contributed by atoms with Crippen LogP contribution in [0.25, 0.3) is 0 Å². The second-order valence-corrected chi connectivity index (χ2v) is 5.74. The van der Waals surface area contributed by atoms with Gasteiger partial charge in [0.1, 0.15) is 11.5 Å². The van der Waals surface area contributed by atoms with E-state index in [1.165, 1.54) is 5.56 Å². The summed E-state index contributed by atoms with van der Waals surface area (Å²) >= 11 is 0. The summed E-state index contributed by atoms with van der Waals surface area (Å²) in [5.41, 5.74) is 1.28. The van der Waals surface area contributed by atoms with E-state index in [9.17, 15) is 0 Å². The molecule has 1 unspecified atom stereocenters. The van der Waals surface area contributed by atoms with Gasteiger partial charge in [0.05, 0.1) is 12.6 Å². The van der Waals surface area contributed by atoms with Gasteiger partial charge in [-0.15, -0.1) is 0 Å². The quantitative estimate of drug-likeness (QED) is 0.813. The minimum atomic E-state index is 0.319. The molecule has 0 spiro atoms. The van der Waals surface area contributed by atoms with Crippen LogP contribution in [0.4, 0.5) is 0 Å². The third-order valence-corrected chi connectivity index (χ3v) is 3.73. The van der Waals surface area contributed by atoms with Crippen LogP contribution >= 0.6 is 0 Å². The number of rotatable bonds is 6. The molecule has 0 radical (unpaired) electrons. The molecule has 20 heavy (non-hydrogen) atoms. The molecule has 0 amide bonds. The van der Waals surface area contributed by atoms with Crippen molar-refractivity contribution in [2.75, 3.05) is 26.2 Å². The van der Waals surface area contributed by atoms with Crippen LogP contribution in [0.2, 0.25) is 0 Å². The topological polar surface area (TPSA) is 37.6 Å². The van der Waals surface area contributed by atoms with E-state index in [0.29, 0.717) is 6.10 Å². The van der Waals surface area contributed by atoms with Gasteiger partial charge in [-0.25, -0.2) is 0 Å². The lowest BCUT2D eigenvalue weighted by Crippen LogP contribution is -2.29. The average Bonchev–Trinajstić information content (AvgIpc) is 2.62. The minimum absolute atomic E-state index is 0.319. The molecule has 0 aliphatic carbocycles. The van der Waals surface area contributed by atoms with E-state index in [0.717, 1.165) is 63.7 Å². The molecule has 4 heteroatoms. The molecule has 1 saturated heterocycles. The van der Waals surface area contributed by atoms with Crippen LogP contribution < -0.4 is 5.32 Å². The SMILES string of the molecule is CCCNCc1cc(CN2CCCOC(C)C2)oc1C. The number of aryl methyl sites for hydroxylation is 1. The fraction of sp³-hybridized carbons (Fsp3) is 0.750. The van der Waals surface area contributed by atoms with Crippen molar-refractivity contribution >= 4 is 0 Å². The molecular formula is C16H28N2O2. The largest absolute Gasteiger partial charge is 0.465 e. The first kappa shape index (κ1) is 15.5. The molecule has 2 heterocycles. The highest BCUT2D eigenvalue weighted by Crippen LogP contribution is 2.17. The van der Waals surface area contributed by atoms with Gasteiger partial charge in [0, 0.05) is 31.8 Å². The van der Waals surface area contributed by atoms with E-state index < -0.39 is 0 Å². The van der Waals surface area contributed by atoms with Gasteiger partial charge in [0.15, 0.2) is 0 Å². The summed E-state index contributed by atoms with van der Waals surface area (Å²) in [5, 5.41) is 3.43. The first-order chi connectivity index (χ1) is 9.69. The zero-order valence-electron chi connectivity index (χ0n) is 13.1. The Labute approximate surface area is 122 Å². The van der Waals surface area contributed by atoms with Crippen LogP contribution in [0.5, 0.6) is 0 Å². The number of nitrogens with zero attached hydrogens (tertiary/aromatic N) is 1. The van der Waals surface area contributed by atoms with E-state index in [2.05, 4.69) is 37.1 Å². The van der Waals surface area contributed by atoms with Gasteiger partial charge in [0.2, 0.25) is 0 Å². The van der Waals surface area contributed by atoms with Crippen LogP contribution in [0.3, 0.4) is 0 Å². The summed E-state index contributed by atoms with van der Waals surface area (Å²) in [5.74, 6) is 2.12. The predicted molar refractivity (Wildman–Crippen MR) is 80.8 cm³/mol. The highest BCUT2D eigenvalue weighted by Gasteiger charge is 2.17. The van der Waals surface area contributed by atoms with E-state index in [1.807, 2.05) is 0 Å². The third kappa shape index (κ3) is 4.62. The molecule has 1 aromatic heterocycles. The normalized spacial score (nSPS) is 21.1. The van der Waals surface area contributed by atoms with Crippen molar-refractivity contribution in [3.05, 3.63) is 23.2 Å². The molecule has 0 aromatic carbocycles. The van der Waals surface area contributed by atoms with Gasteiger partial charge < -0.3 is 14.5 Å². The molecule has 114 valence electrons. The smallest absolute Gasteiger partial charge is 0.118 e. The van der Waals surface area contributed by atoms with Crippen LogP contribution in [-0.4, -0.2) is 37.2 Å². The van der Waals surface area contributed by atoms with E-state index in [1.54, 1.807) is 0 Å². The second-order valence-electron chi connectivity index (χ2n) is 5.74. The Kier molecular flexibility index (Phi) is 6.07. The number of furan rings is 1. The molecule has 1 atom stereocenters. The predicted octanol–water partition coefficient (Wildman–Crippen LogP) is 2.70. The summed E-state index contributed by atoms with van der Waals surface area (Å²) in [6.07, 6.45) is 2.59. The van der Waals surface area contributed by atoms with Crippen molar-refractivity contribution in [2.24, 2.45) is 0 Å². The zero-order valence-corrected chi connectivity index (χ0v) is 13.1. The third-order valence-electron chi connectivity index (χ3n) is 3.73. The maximum atomic E-state index is 5.90. The van der Waals surface area contributed by atoms with Gasteiger partial charge in [0.25, 0.3) is 0 Å². The Morgan fingerprint density at radius 3 is 3.10 bits per heavy atom. The first-order valence-corrected chi connectivity index (χ1v) is 7.82. The Bertz CT molecular complexity index is 403. The summed E-state index contributed by atoms with van der Waals surface area (Å²) in [4.78, 5) is 2.43. The highest BCUT2D eigenvalue weighted by atomic mass is 16.5.